The van der Waals surface area contributed by atoms with Crippen LogP contribution in [0.3, 0.4) is 0 Å². The van der Waals surface area contributed by atoms with Crippen LogP contribution in [0.15, 0.2) is 23.1 Å². The Kier molecular flexibility index (Phi) is 4.91. The first kappa shape index (κ1) is 13.1. The fourth-order valence-electron chi connectivity index (χ4n) is 0.936. The quantitative estimate of drug-likeness (QED) is 0.327. The van der Waals surface area contributed by atoms with Crippen molar-refractivity contribution < 1.29 is 10.0 Å². The van der Waals surface area contributed by atoms with Gasteiger partial charge in [-0.05, 0) is 31.0 Å². The van der Waals surface area contributed by atoms with Crippen LogP contribution in [0.25, 0.3) is 0 Å². The Morgan fingerprint density at radius 2 is 2.38 bits per heavy atom. The van der Waals surface area contributed by atoms with Crippen molar-refractivity contribution in [1.82, 2.24) is 4.72 Å². The van der Waals surface area contributed by atoms with Crippen LogP contribution in [-0.2, 0) is 0 Å². The zero-order chi connectivity index (χ0) is 12.1. The van der Waals surface area contributed by atoms with Gasteiger partial charge in [0.25, 0.3) is 5.69 Å². The molecule has 0 amide bonds. The van der Waals surface area contributed by atoms with Crippen molar-refractivity contribution in [3.63, 3.8) is 0 Å². The van der Waals surface area contributed by atoms with Gasteiger partial charge < -0.3 is 5.11 Å². The standard InChI is InChI=1S/C9H12N2O3S2/c1-6(5-15)10-16-9-3-2-7(12)4-8(9)11(13)14/h2-4,6,10,12,15H,5H2,1H3/t6-/m1/s1. The van der Waals surface area contributed by atoms with Crippen LogP contribution >= 0.6 is 24.6 Å². The molecule has 0 aliphatic rings. The molecule has 0 saturated heterocycles. The van der Waals surface area contributed by atoms with Crippen LogP contribution in [-0.4, -0.2) is 21.8 Å². The summed E-state index contributed by atoms with van der Waals surface area (Å²) in [6.45, 7) is 1.92. The van der Waals surface area contributed by atoms with Gasteiger partial charge in [-0.25, -0.2) is 0 Å². The molecule has 7 heteroatoms. The van der Waals surface area contributed by atoms with E-state index in [1.165, 1.54) is 24.1 Å². The Labute approximate surface area is 103 Å². The van der Waals surface area contributed by atoms with Gasteiger partial charge in [-0.1, -0.05) is 0 Å². The molecule has 0 aromatic heterocycles. The van der Waals surface area contributed by atoms with Gasteiger partial charge in [-0.3, -0.25) is 14.8 Å². The Bertz CT molecular complexity index is 387. The molecule has 0 aliphatic carbocycles. The summed E-state index contributed by atoms with van der Waals surface area (Å²) in [4.78, 5) is 10.7. The average molecular weight is 260 g/mol. The SMILES string of the molecule is C[C@H](CS)NSc1ccc(O)cc1[N+](=O)[O-]. The van der Waals surface area contributed by atoms with Gasteiger partial charge in [0.15, 0.2) is 0 Å². The molecule has 0 fully saturated rings. The van der Waals surface area contributed by atoms with Crippen LogP contribution in [0.2, 0.25) is 0 Å². The monoisotopic (exact) mass is 260 g/mol. The predicted molar refractivity (Wildman–Crippen MR) is 67.1 cm³/mol. The summed E-state index contributed by atoms with van der Waals surface area (Å²) >= 11 is 5.26. The van der Waals surface area contributed by atoms with Crippen molar-refractivity contribution >= 4 is 30.3 Å². The topological polar surface area (TPSA) is 75.4 Å². The van der Waals surface area contributed by atoms with Gasteiger partial charge in [0, 0.05) is 11.8 Å². The number of benzene rings is 1. The van der Waals surface area contributed by atoms with Crippen molar-refractivity contribution in [1.29, 1.82) is 0 Å². The van der Waals surface area contributed by atoms with E-state index < -0.39 is 4.92 Å². The second-order valence-corrected chi connectivity index (χ2v) is 4.46. The smallest absolute Gasteiger partial charge is 0.287 e. The third-order valence-electron chi connectivity index (χ3n) is 1.78. The summed E-state index contributed by atoms with van der Waals surface area (Å²) in [5, 5.41) is 19.9. The van der Waals surface area contributed by atoms with Crippen molar-refractivity contribution in [3.05, 3.63) is 28.3 Å². The molecular weight excluding hydrogens is 248 g/mol. The van der Waals surface area contributed by atoms with Gasteiger partial charge in [-0.2, -0.15) is 12.6 Å². The van der Waals surface area contributed by atoms with E-state index in [0.717, 1.165) is 6.07 Å². The molecule has 0 radical (unpaired) electrons. The largest absolute Gasteiger partial charge is 0.508 e. The summed E-state index contributed by atoms with van der Waals surface area (Å²) in [7, 11) is 0. The van der Waals surface area contributed by atoms with Crippen LogP contribution in [0.1, 0.15) is 6.92 Å². The fourth-order valence-corrected chi connectivity index (χ4v) is 1.94. The predicted octanol–water partition coefficient (Wildman–Crippen LogP) is 2.22. The van der Waals surface area contributed by atoms with Gasteiger partial charge in [0.1, 0.15) is 10.6 Å². The molecule has 1 aromatic rings. The molecule has 0 spiro atoms. The number of rotatable bonds is 5. The Balaban J connectivity index is 2.82. The molecule has 1 atom stereocenters. The Hall–Kier alpha value is -0.920. The number of nitro benzene ring substituents is 1. The Morgan fingerprint density at radius 3 is 2.94 bits per heavy atom. The maximum atomic E-state index is 10.7. The van der Waals surface area contributed by atoms with Gasteiger partial charge >= 0.3 is 0 Å². The van der Waals surface area contributed by atoms with E-state index in [4.69, 9.17) is 5.11 Å². The molecule has 0 saturated carbocycles. The molecule has 88 valence electrons. The normalized spacial score (nSPS) is 12.4. The van der Waals surface area contributed by atoms with E-state index >= 15 is 0 Å². The lowest BCUT2D eigenvalue weighted by atomic mass is 10.3. The number of nitrogens with zero attached hydrogens (tertiary/aromatic N) is 1. The highest BCUT2D eigenvalue weighted by atomic mass is 32.2. The number of aromatic hydroxyl groups is 1. The Morgan fingerprint density at radius 1 is 1.69 bits per heavy atom. The summed E-state index contributed by atoms with van der Waals surface area (Å²) in [6, 6.07) is 4.20. The lowest BCUT2D eigenvalue weighted by molar-refractivity contribution is -0.387. The highest BCUT2D eigenvalue weighted by Gasteiger charge is 2.15. The van der Waals surface area contributed by atoms with E-state index in [2.05, 4.69) is 17.4 Å². The molecule has 1 rings (SSSR count). The molecule has 16 heavy (non-hydrogen) atoms. The van der Waals surface area contributed by atoms with E-state index in [-0.39, 0.29) is 17.5 Å². The molecule has 1 aromatic carbocycles. The van der Waals surface area contributed by atoms with E-state index in [0.29, 0.717) is 10.6 Å². The summed E-state index contributed by atoms with van der Waals surface area (Å²) in [6.07, 6.45) is 0. The van der Waals surface area contributed by atoms with Gasteiger partial charge in [0.2, 0.25) is 0 Å². The number of thiol groups is 1. The zero-order valence-corrected chi connectivity index (χ0v) is 10.3. The van der Waals surface area contributed by atoms with E-state index in [1.54, 1.807) is 0 Å². The van der Waals surface area contributed by atoms with Crippen molar-refractivity contribution in [2.75, 3.05) is 5.75 Å². The minimum atomic E-state index is -0.519. The third-order valence-corrected chi connectivity index (χ3v) is 3.42. The van der Waals surface area contributed by atoms with Crippen molar-refractivity contribution in [2.24, 2.45) is 0 Å². The fraction of sp³-hybridized carbons (Fsp3) is 0.333. The minimum absolute atomic E-state index is 0.108. The second kappa shape index (κ2) is 5.97. The molecular formula is C9H12N2O3S2. The highest BCUT2D eigenvalue weighted by Crippen LogP contribution is 2.30. The lowest BCUT2D eigenvalue weighted by Crippen LogP contribution is -2.20. The number of hydrogen-bond acceptors (Lipinski definition) is 6. The number of phenolic OH excluding ortho intramolecular Hbond substituents is 1. The third kappa shape index (κ3) is 3.58. The summed E-state index contributed by atoms with van der Waals surface area (Å²) < 4.78 is 3.02. The van der Waals surface area contributed by atoms with Crippen LogP contribution in [0.4, 0.5) is 5.69 Å². The number of nitro groups is 1. The molecule has 5 nitrogen and oxygen atoms in total. The zero-order valence-electron chi connectivity index (χ0n) is 8.58. The maximum Gasteiger partial charge on any atom is 0.287 e. The molecule has 0 heterocycles. The first-order chi connectivity index (χ1) is 7.54. The van der Waals surface area contributed by atoms with Crippen LogP contribution < -0.4 is 4.72 Å². The van der Waals surface area contributed by atoms with E-state index in [9.17, 15) is 10.1 Å². The molecule has 0 bridgehead atoms. The van der Waals surface area contributed by atoms with Gasteiger partial charge in [0.05, 0.1) is 11.0 Å². The number of nitrogens with one attached hydrogen (secondary N) is 1. The first-order valence-corrected chi connectivity index (χ1v) is 6.00. The maximum absolute atomic E-state index is 10.7. The summed E-state index contributed by atoms with van der Waals surface area (Å²) in [5.74, 6) is 0.525. The molecule has 2 N–H and O–H groups in total. The first-order valence-electron chi connectivity index (χ1n) is 4.55. The van der Waals surface area contributed by atoms with Crippen molar-refractivity contribution in [3.8, 4) is 5.75 Å². The highest BCUT2D eigenvalue weighted by molar-refractivity contribution is 7.97. The molecule has 0 unspecified atom stereocenters. The lowest BCUT2D eigenvalue weighted by Gasteiger charge is -2.09. The number of phenols is 1. The molecule has 0 aliphatic heterocycles. The van der Waals surface area contributed by atoms with Crippen molar-refractivity contribution in [2.45, 2.75) is 17.9 Å². The summed E-state index contributed by atoms with van der Waals surface area (Å²) in [5.41, 5.74) is -0.108. The minimum Gasteiger partial charge on any atom is -0.508 e. The number of hydrogen-bond donors (Lipinski definition) is 3. The second-order valence-electron chi connectivity index (χ2n) is 3.21. The van der Waals surface area contributed by atoms with Gasteiger partial charge in [-0.15, -0.1) is 0 Å². The average Bonchev–Trinajstić information content (AvgIpc) is 2.26. The van der Waals surface area contributed by atoms with E-state index in [1.807, 2.05) is 6.92 Å². The van der Waals surface area contributed by atoms with Crippen LogP contribution in [0.5, 0.6) is 5.75 Å². The van der Waals surface area contributed by atoms with Crippen LogP contribution in [0, 0.1) is 10.1 Å².